The van der Waals surface area contributed by atoms with Gasteiger partial charge in [-0.25, -0.2) is 9.97 Å². The lowest BCUT2D eigenvalue weighted by Crippen LogP contribution is -2.03. The second-order valence-electron chi connectivity index (χ2n) is 10.6. The second kappa shape index (κ2) is 8.62. The molecule has 4 heterocycles. The largest absolute Gasteiger partial charge is 0.309 e. The molecule has 0 saturated carbocycles. The van der Waals surface area contributed by atoms with Gasteiger partial charge in [-0.05, 0) is 36.4 Å². The Balaban J connectivity index is 1.38. The Morgan fingerprint density at radius 1 is 0.524 bits per heavy atom. The van der Waals surface area contributed by atoms with Crippen molar-refractivity contribution in [3.63, 3.8) is 0 Å². The van der Waals surface area contributed by atoms with Crippen molar-refractivity contribution in [1.29, 1.82) is 0 Å². The van der Waals surface area contributed by atoms with Gasteiger partial charge < -0.3 is 4.57 Å². The van der Waals surface area contributed by atoms with E-state index in [0.29, 0.717) is 5.65 Å². The van der Waals surface area contributed by atoms with Crippen LogP contribution in [-0.2, 0) is 7.05 Å². The number of fused-ring (bicyclic) bond motifs is 8. The average molecular weight is 541 g/mol. The molecule has 0 fully saturated rings. The van der Waals surface area contributed by atoms with Gasteiger partial charge in [-0.2, -0.15) is 4.98 Å². The molecule has 4 aromatic heterocycles. The highest BCUT2D eigenvalue weighted by Gasteiger charge is 2.23. The maximum absolute atomic E-state index is 5.08. The van der Waals surface area contributed by atoms with Crippen LogP contribution in [0.5, 0.6) is 0 Å². The summed E-state index contributed by atoms with van der Waals surface area (Å²) in [7, 11) is 2.02. The lowest BCUT2D eigenvalue weighted by Gasteiger charge is -2.08. The highest BCUT2D eigenvalue weighted by molar-refractivity contribution is 6.28. The highest BCUT2D eigenvalue weighted by atomic mass is 15.3. The van der Waals surface area contributed by atoms with E-state index in [-0.39, 0.29) is 0 Å². The first kappa shape index (κ1) is 23.0. The first-order valence-corrected chi connectivity index (χ1v) is 14.0. The molecule has 0 aliphatic carbocycles. The van der Waals surface area contributed by atoms with E-state index in [1.165, 1.54) is 32.6 Å². The summed E-state index contributed by atoms with van der Waals surface area (Å²) in [5.74, 6) is 0.785. The number of hydrogen-bond acceptors (Lipinski definition) is 3. The second-order valence-corrected chi connectivity index (χ2v) is 10.6. The van der Waals surface area contributed by atoms with E-state index in [4.69, 9.17) is 15.0 Å². The lowest BCUT2D eigenvalue weighted by atomic mass is 10.1. The van der Waals surface area contributed by atoms with Crippen molar-refractivity contribution in [2.45, 2.75) is 0 Å². The fourth-order valence-electron chi connectivity index (χ4n) is 6.49. The topological polar surface area (TPSA) is 53.5 Å². The molecule has 0 saturated heterocycles. The van der Waals surface area contributed by atoms with Gasteiger partial charge in [-0.1, -0.05) is 84.9 Å². The van der Waals surface area contributed by atoms with Crippen LogP contribution in [0.1, 0.15) is 0 Å². The van der Waals surface area contributed by atoms with Crippen LogP contribution in [0.25, 0.3) is 77.8 Å². The zero-order chi connectivity index (χ0) is 27.8. The summed E-state index contributed by atoms with van der Waals surface area (Å²) >= 11 is 0. The Kier molecular flexibility index (Phi) is 4.72. The third kappa shape index (κ3) is 3.12. The van der Waals surface area contributed by atoms with Gasteiger partial charge in [-0.3, -0.25) is 9.13 Å². The minimum atomic E-state index is 0.626. The summed E-state index contributed by atoms with van der Waals surface area (Å²) < 4.78 is 6.66. The Labute approximate surface area is 240 Å². The summed E-state index contributed by atoms with van der Waals surface area (Å²) in [6, 6.07) is 42.5. The number of nitrogens with zero attached hydrogens (tertiary/aromatic N) is 6. The van der Waals surface area contributed by atoms with Crippen LogP contribution < -0.4 is 0 Å². The van der Waals surface area contributed by atoms with Crippen molar-refractivity contribution in [2.75, 3.05) is 0 Å². The molecule has 0 N–H and O–H groups in total. The van der Waals surface area contributed by atoms with Crippen molar-refractivity contribution in [2.24, 2.45) is 7.05 Å². The van der Waals surface area contributed by atoms with Crippen LogP contribution in [0.3, 0.4) is 0 Å². The molecule has 0 aliphatic rings. The lowest BCUT2D eigenvalue weighted by molar-refractivity contribution is 0.860. The number of rotatable bonds is 3. The van der Waals surface area contributed by atoms with Crippen molar-refractivity contribution < 1.29 is 0 Å². The maximum atomic E-state index is 5.08. The normalized spacial score (nSPS) is 11.9. The van der Waals surface area contributed by atoms with Crippen molar-refractivity contribution in [1.82, 2.24) is 28.7 Å². The zero-order valence-corrected chi connectivity index (χ0v) is 22.8. The monoisotopic (exact) mass is 540 g/mol. The predicted octanol–water partition coefficient (Wildman–Crippen LogP) is 8.22. The van der Waals surface area contributed by atoms with Gasteiger partial charge in [-0.15, -0.1) is 0 Å². The molecule has 0 atom stereocenters. The van der Waals surface area contributed by atoms with Gasteiger partial charge in [0.2, 0.25) is 5.95 Å². The molecule has 5 aromatic carbocycles. The van der Waals surface area contributed by atoms with E-state index < -0.39 is 0 Å². The third-order valence-corrected chi connectivity index (χ3v) is 8.31. The predicted molar refractivity (Wildman–Crippen MR) is 170 cm³/mol. The van der Waals surface area contributed by atoms with Crippen LogP contribution in [0.2, 0.25) is 0 Å². The molecule has 6 heteroatoms. The van der Waals surface area contributed by atoms with Gasteiger partial charge in [0.05, 0.1) is 34.0 Å². The summed E-state index contributed by atoms with van der Waals surface area (Å²) in [6.45, 7) is 0. The van der Waals surface area contributed by atoms with Crippen molar-refractivity contribution in [3.8, 4) is 22.9 Å². The Morgan fingerprint density at radius 3 is 1.79 bits per heavy atom. The smallest absolute Gasteiger partial charge is 0.218 e. The summed E-state index contributed by atoms with van der Waals surface area (Å²) in [6.07, 6.45) is 1.83. The van der Waals surface area contributed by atoms with Crippen LogP contribution in [0.4, 0.5) is 0 Å². The minimum absolute atomic E-state index is 0.626. The molecule has 0 unspecified atom stereocenters. The molecular formula is C36H24N6. The number of aryl methyl sites for hydroxylation is 1. The van der Waals surface area contributed by atoms with E-state index in [1.54, 1.807) is 0 Å². The van der Waals surface area contributed by atoms with Gasteiger partial charge >= 0.3 is 0 Å². The van der Waals surface area contributed by atoms with Gasteiger partial charge in [0.1, 0.15) is 0 Å². The molecule has 42 heavy (non-hydrogen) atoms. The number of benzene rings is 5. The maximum Gasteiger partial charge on any atom is 0.218 e. The van der Waals surface area contributed by atoms with Crippen LogP contribution in [0, 0.1) is 0 Å². The SMILES string of the molecule is Cn1c(-n2c3ccccc3c3c4c5ccccc5n(-c5ccccc5)c4ccc32)nc2nc(-c3ccccc3)cnc21. The van der Waals surface area contributed by atoms with Crippen molar-refractivity contribution in [3.05, 3.63) is 128 Å². The fraction of sp³-hybridized carbons (Fsp3) is 0.0278. The molecule has 0 aliphatic heterocycles. The van der Waals surface area contributed by atoms with E-state index >= 15 is 0 Å². The van der Waals surface area contributed by atoms with E-state index in [9.17, 15) is 0 Å². The van der Waals surface area contributed by atoms with E-state index in [0.717, 1.165) is 39.6 Å². The van der Waals surface area contributed by atoms with Crippen LogP contribution >= 0.6 is 0 Å². The Hall–Kier alpha value is -5.75. The molecule has 6 nitrogen and oxygen atoms in total. The summed E-state index contributed by atoms with van der Waals surface area (Å²) in [5.41, 5.74) is 8.91. The van der Waals surface area contributed by atoms with Crippen molar-refractivity contribution >= 4 is 54.9 Å². The summed E-state index contributed by atoms with van der Waals surface area (Å²) in [5, 5.41) is 4.87. The van der Waals surface area contributed by atoms with Gasteiger partial charge in [0.15, 0.2) is 11.3 Å². The molecule has 0 amide bonds. The minimum Gasteiger partial charge on any atom is -0.309 e. The highest BCUT2D eigenvalue weighted by Crippen LogP contribution is 2.42. The Morgan fingerprint density at radius 2 is 1.10 bits per heavy atom. The van der Waals surface area contributed by atoms with Crippen LogP contribution in [-0.4, -0.2) is 28.7 Å². The average Bonchev–Trinajstić information content (AvgIpc) is 3.68. The quantitative estimate of drug-likeness (QED) is 0.227. The van der Waals surface area contributed by atoms with E-state index in [1.807, 2.05) is 48.1 Å². The number of imidazole rings is 1. The molecule has 0 spiro atoms. The third-order valence-electron chi connectivity index (χ3n) is 8.31. The number of aromatic nitrogens is 6. The first-order valence-electron chi connectivity index (χ1n) is 14.0. The molecule has 0 bridgehead atoms. The zero-order valence-electron chi connectivity index (χ0n) is 22.8. The Bertz CT molecular complexity index is 2460. The van der Waals surface area contributed by atoms with Gasteiger partial charge in [0, 0.05) is 39.8 Å². The van der Waals surface area contributed by atoms with E-state index in [2.05, 4.69) is 100 Å². The number of hydrogen-bond donors (Lipinski definition) is 0. The van der Waals surface area contributed by atoms with Crippen LogP contribution in [0.15, 0.2) is 128 Å². The van der Waals surface area contributed by atoms with Gasteiger partial charge in [0.25, 0.3) is 0 Å². The molecule has 0 radical (unpaired) electrons. The molecule has 9 aromatic rings. The number of para-hydroxylation sites is 3. The summed E-state index contributed by atoms with van der Waals surface area (Å²) in [4.78, 5) is 14.8. The fourth-order valence-corrected chi connectivity index (χ4v) is 6.49. The molecule has 9 rings (SSSR count). The standard InChI is InChI=1S/C36H24N6/c1-40-35-34(38-27(22-37-35)23-12-4-2-5-13-23)39-36(40)42-29-19-11-9-17-26(29)33-31(42)21-20-30-32(33)25-16-8-10-18-28(25)41(30)24-14-6-3-7-15-24/h2-22H,1H3. The first-order chi connectivity index (χ1) is 20.8. The molecular weight excluding hydrogens is 516 g/mol. The molecule has 198 valence electrons.